The molecule has 0 bridgehead atoms. The van der Waals surface area contributed by atoms with Crippen LogP contribution in [0, 0.1) is 5.82 Å². The second-order valence-electron chi connectivity index (χ2n) is 3.66. The van der Waals surface area contributed by atoms with E-state index in [1.54, 1.807) is 12.1 Å². The first-order valence-corrected chi connectivity index (χ1v) is 5.79. The lowest BCUT2D eigenvalue weighted by molar-refractivity contribution is 0.140. The number of hydrogen-bond donors (Lipinski definition) is 1. The summed E-state index contributed by atoms with van der Waals surface area (Å²) in [5.41, 5.74) is 6.66. The molecule has 0 aliphatic heterocycles. The summed E-state index contributed by atoms with van der Waals surface area (Å²) in [6.45, 7) is 3.26. The molecule has 4 heteroatoms. The third kappa shape index (κ3) is 4.08. The van der Waals surface area contributed by atoms with Gasteiger partial charge in [0.05, 0.1) is 5.02 Å². The Bertz CT molecular complexity index is 333. The Kier molecular flexibility index (Phi) is 5.74. The minimum atomic E-state index is -0.392. The van der Waals surface area contributed by atoms with Crippen LogP contribution in [0.4, 0.5) is 4.39 Å². The molecule has 0 aliphatic rings. The summed E-state index contributed by atoms with van der Waals surface area (Å²) in [7, 11) is 0. The van der Waals surface area contributed by atoms with Crippen molar-refractivity contribution in [3.8, 4) is 0 Å². The van der Waals surface area contributed by atoms with E-state index >= 15 is 0 Å². The van der Waals surface area contributed by atoms with Gasteiger partial charge in [-0.1, -0.05) is 23.7 Å². The molecule has 90 valence electrons. The van der Waals surface area contributed by atoms with Crippen LogP contribution in [0.2, 0.25) is 5.02 Å². The second kappa shape index (κ2) is 6.84. The number of rotatable bonds is 6. The van der Waals surface area contributed by atoms with Gasteiger partial charge in [-0.05, 0) is 31.4 Å². The third-order valence-electron chi connectivity index (χ3n) is 2.35. The van der Waals surface area contributed by atoms with Crippen LogP contribution in [0.3, 0.4) is 0 Å². The molecular weight excluding hydrogens is 229 g/mol. The van der Waals surface area contributed by atoms with Gasteiger partial charge in [-0.2, -0.15) is 0 Å². The largest absolute Gasteiger partial charge is 0.382 e. The molecule has 0 aliphatic carbocycles. The first kappa shape index (κ1) is 13.4. The first-order valence-electron chi connectivity index (χ1n) is 5.41. The van der Waals surface area contributed by atoms with E-state index in [0.717, 1.165) is 12.0 Å². The average molecular weight is 246 g/mol. The SMILES string of the molecule is CCOCCC(N)Cc1cccc(F)c1Cl. The molecule has 0 aromatic heterocycles. The molecule has 1 aromatic rings. The number of nitrogens with two attached hydrogens (primary N) is 1. The average Bonchev–Trinajstić information content (AvgIpc) is 2.25. The van der Waals surface area contributed by atoms with E-state index in [1.165, 1.54) is 6.07 Å². The van der Waals surface area contributed by atoms with Gasteiger partial charge in [0.15, 0.2) is 0 Å². The van der Waals surface area contributed by atoms with Crippen molar-refractivity contribution in [1.29, 1.82) is 0 Å². The minimum absolute atomic E-state index is 0.0501. The lowest BCUT2D eigenvalue weighted by Crippen LogP contribution is -2.24. The maximum absolute atomic E-state index is 13.1. The normalized spacial score (nSPS) is 12.8. The van der Waals surface area contributed by atoms with Gasteiger partial charge >= 0.3 is 0 Å². The molecule has 1 aromatic carbocycles. The summed E-state index contributed by atoms with van der Waals surface area (Å²) in [5, 5.41) is 0.175. The molecular formula is C12H17ClFNO. The van der Waals surface area contributed by atoms with E-state index in [4.69, 9.17) is 22.1 Å². The molecule has 2 N–H and O–H groups in total. The Morgan fingerprint density at radius 3 is 2.94 bits per heavy atom. The van der Waals surface area contributed by atoms with Crippen molar-refractivity contribution in [2.45, 2.75) is 25.8 Å². The molecule has 0 heterocycles. The third-order valence-corrected chi connectivity index (χ3v) is 2.77. The summed E-state index contributed by atoms with van der Waals surface area (Å²) in [4.78, 5) is 0. The summed E-state index contributed by atoms with van der Waals surface area (Å²) >= 11 is 5.84. The van der Waals surface area contributed by atoms with Gasteiger partial charge in [0, 0.05) is 19.3 Å². The van der Waals surface area contributed by atoms with E-state index in [9.17, 15) is 4.39 Å². The highest BCUT2D eigenvalue weighted by molar-refractivity contribution is 6.31. The van der Waals surface area contributed by atoms with Crippen LogP contribution >= 0.6 is 11.6 Å². The summed E-state index contributed by atoms with van der Waals surface area (Å²) < 4.78 is 18.3. The van der Waals surface area contributed by atoms with E-state index in [2.05, 4.69) is 0 Å². The smallest absolute Gasteiger partial charge is 0.142 e. The molecule has 1 atom stereocenters. The van der Waals surface area contributed by atoms with Gasteiger partial charge in [-0.3, -0.25) is 0 Å². The quantitative estimate of drug-likeness (QED) is 0.783. The molecule has 0 spiro atoms. The van der Waals surface area contributed by atoms with E-state index in [0.29, 0.717) is 19.6 Å². The van der Waals surface area contributed by atoms with E-state index in [-0.39, 0.29) is 11.1 Å². The van der Waals surface area contributed by atoms with Gasteiger partial charge in [0.1, 0.15) is 5.82 Å². The predicted octanol–water partition coefficient (Wildman–Crippen LogP) is 2.78. The van der Waals surface area contributed by atoms with Gasteiger partial charge < -0.3 is 10.5 Å². The Morgan fingerprint density at radius 1 is 1.50 bits per heavy atom. The summed E-state index contributed by atoms with van der Waals surface area (Å²) in [6.07, 6.45) is 1.32. The van der Waals surface area contributed by atoms with Gasteiger partial charge in [-0.15, -0.1) is 0 Å². The summed E-state index contributed by atoms with van der Waals surface area (Å²) in [6, 6.07) is 4.74. The van der Waals surface area contributed by atoms with E-state index in [1.807, 2.05) is 6.92 Å². The Balaban J connectivity index is 2.49. The standard InChI is InChI=1S/C12H17ClFNO/c1-2-16-7-6-10(15)8-9-4-3-5-11(14)12(9)13/h3-5,10H,2,6-8,15H2,1H3. The molecule has 0 fully saturated rings. The number of ether oxygens (including phenoxy) is 1. The van der Waals surface area contributed by atoms with Crippen LogP contribution in [0.15, 0.2) is 18.2 Å². The highest BCUT2D eigenvalue weighted by Crippen LogP contribution is 2.21. The molecule has 1 rings (SSSR count). The van der Waals surface area contributed by atoms with Crippen molar-refractivity contribution < 1.29 is 9.13 Å². The number of hydrogen-bond acceptors (Lipinski definition) is 2. The highest BCUT2D eigenvalue weighted by atomic mass is 35.5. The van der Waals surface area contributed by atoms with Crippen molar-refractivity contribution in [2.75, 3.05) is 13.2 Å². The molecule has 16 heavy (non-hydrogen) atoms. The Morgan fingerprint density at radius 2 is 2.25 bits per heavy atom. The van der Waals surface area contributed by atoms with Gasteiger partial charge in [0.25, 0.3) is 0 Å². The van der Waals surface area contributed by atoms with Crippen molar-refractivity contribution in [3.05, 3.63) is 34.6 Å². The van der Waals surface area contributed by atoms with Crippen LogP contribution in [0.1, 0.15) is 18.9 Å². The fraction of sp³-hybridized carbons (Fsp3) is 0.500. The highest BCUT2D eigenvalue weighted by Gasteiger charge is 2.09. The topological polar surface area (TPSA) is 35.2 Å². The van der Waals surface area contributed by atoms with Gasteiger partial charge in [0.2, 0.25) is 0 Å². The Labute approximate surface area is 101 Å². The minimum Gasteiger partial charge on any atom is -0.382 e. The zero-order chi connectivity index (χ0) is 12.0. The summed E-state index contributed by atoms with van der Waals surface area (Å²) in [5.74, 6) is -0.392. The monoisotopic (exact) mass is 245 g/mol. The molecule has 1 unspecified atom stereocenters. The fourth-order valence-corrected chi connectivity index (χ4v) is 1.67. The predicted molar refractivity (Wildman–Crippen MR) is 64.2 cm³/mol. The zero-order valence-electron chi connectivity index (χ0n) is 9.38. The van der Waals surface area contributed by atoms with Crippen LogP contribution < -0.4 is 5.73 Å². The molecule has 0 saturated carbocycles. The first-order chi connectivity index (χ1) is 7.65. The van der Waals surface area contributed by atoms with Crippen LogP contribution in [-0.2, 0) is 11.2 Å². The molecule has 0 saturated heterocycles. The van der Waals surface area contributed by atoms with Crippen molar-refractivity contribution in [2.24, 2.45) is 5.73 Å². The van der Waals surface area contributed by atoms with Gasteiger partial charge in [-0.25, -0.2) is 4.39 Å². The molecule has 0 radical (unpaired) electrons. The Hall–Kier alpha value is -0.640. The zero-order valence-corrected chi connectivity index (χ0v) is 10.1. The van der Waals surface area contributed by atoms with Crippen molar-refractivity contribution >= 4 is 11.6 Å². The number of halogens is 2. The fourth-order valence-electron chi connectivity index (χ4n) is 1.47. The maximum atomic E-state index is 13.1. The molecule has 2 nitrogen and oxygen atoms in total. The maximum Gasteiger partial charge on any atom is 0.142 e. The van der Waals surface area contributed by atoms with Crippen molar-refractivity contribution in [1.82, 2.24) is 0 Å². The van der Waals surface area contributed by atoms with E-state index < -0.39 is 5.82 Å². The van der Waals surface area contributed by atoms with Crippen LogP contribution in [0.25, 0.3) is 0 Å². The van der Waals surface area contributed by atoms with Crippen LogP contribution in [-0.4, -0.2) is 19.3 Å². The van der Waals surface area contributed by atoms with Crippen LogP contribution in [0.5, 0.6) is 0 Å². The number of benzene rings is 1. The lowest BCUT2D eigenvalue weighted by Gasteiger charge is -2.12. The lowest BCUT2D eigenvalue weighted by atomic mass is 10.0. The second-order valence-corrected chi connectivity index (χ2v) is 4.04. The molecule has 0 amide bonds. The van der Waals surface area contributed by atoms with Crippen molar-refractivity contribution in [3.63, 3.8) is 0 Å².